The number of hydrogen-bond donors (Lipinski definition) is 1. The Morgan fingerprint density at radius 3 is 3.06 bits per heavy atom. The molecule has 0 saturated carbocycles. The van der Waals surface area contributed by atoms with Gasteiger partial charge in [-0.2, -0.15) is 0 Å². The van der Waals surface area contributed by atoms with Crippen LogP contribution in [0.5, 0.6) is 5.75 Å². The zero-order chi connectivity index (χ0) is 11.7. The fourth-order valence-corrected chi connectivity index (χ4v) is 2.40. The maximum absolute atomic E-state index is 5.27. The lowest BCUT2D eigenvalue weighted by atomic mass is 10.00. The van der Waals surface area contributed by atoms with Crippen LogP contribution in [-0.2, 0) is 0 Å². The van der Waals surface area contributed by atoms with E-state index in [-0.39, 0.29) is 0 Å². The fraction of sp³-hybridized carbons (Fsp3) is 0.385. The number of benzene rings is 1. The zero-order valence-corrected chi connectivity index (χ0v) is 9.81. The summed E-state index contributed by atoms with van der Waals surface area (Å²) in [6.45, 7) is 2.07. The van der Waals surface area contributed by atoms with Crippen LogP contribution in [0.2, 0.25) is 0 Å². The van der Waals surface area contributed by atoms with Crippen LogP contribution in [-0.4, -0.2) is 30.2 Å². The molecule has 1 aromatic heterocycles. The summed E-state index contributed by atoms with van der Waals surface area (Å²) >= 11 is 0. The smallest absolute Gasteiger partial charge is 0.119 e. The summed E-state index contributed by atoms with van der Waals surface area (Å²) in [6.07, 6.45) is 2.80. The molecule has 1 aromatic carbocycles. The molecule has 0 bridgehead atoms. The number of hydrogen-bond acceptors (Lipinski definition) is 4. The lowest BCUT2D eigenvalue weighted by Crippen LogP contribution is -2.09. The number of methoxy groups -OCH3 is 1. The number of fused-ring (bicyclic) bond motifs is 1. The van der Waals surface area contributed by atoms with Crippen molar-refractivity contribution in [3.8, 4) is 5.75 Å². The highest BCUT2D eigenvalue weighted by Crippen LogP contribution is 2.28. The van der Waals surface area contributed by atoms with Crippen LogP contribution in [0.1, 0.15) is 18.0 Å². The lowest BCUT2D eigenvalue weighted by Gasteiger charge is -2.11. The summed E-state index contributed by atoms with van der Waals surface area (Å²) in [4.78, 5) is 8.76. The van der Waals surface area contributed by atoms with Crippen molar-refractivity contribution in [1.29, 1.82) is 0 Å². The number of ether oxygens (including phenoxy) is 1. The van der Waals surface area contributed by atoms with Crippen molar-refractivity contribution >= 4 is 10.9 Å². The van der Waals surface area contributed by atoms with Gasteiger partial charge in [0.25, 0.3) is 0 Å². The molecule has 1 N–H and O–H groups in total. The molecule has 1 fully saturated rings. The standard InChI is InChI=1S/C13H15N3O/c1-17-10-2-3-12-11(6-10)13(16-8-15-12)9-4-5-14-7-9/h2-3,6,8-9,14H,4-5,7H2,1H3. The highest BCUT2D eigenvalue weighted by atomic mass is 16.5. The fourth-order valence-electron chi connectivity index (χ4n) is 2.40. The molecule has 0 radical (unpaired) electrons. The minimum absolute atomic E-state index is 0.493. The maximum atomic E-state index is 5.27. The van der Waals surface area contributed by atoms with Gasteiger partial charge < -0.3 is 10.1 Å². The molecule has 4 heteroatoms. The number of nitrogens with one attached hydrogen (secondary N) is 1. The summed E-state index contributed by atoms with van der Waals surface area (Å²) in [5, 5.41) is 4.48. The Hall–Kier alpha value is -1.68. The van der Waals surface area contributed by atoms with Gasteiger partial charge in [0, 0.05) is 17.8 Å². The van der Waals surface area contributed by atoms with Crippen LogP contribution < -0.4 is 10.1 Å². The molecule has 2 heterocycles. The van der Waals surface area contributed by atoms with Crippen molar-refractivity contribution in [2.75, 3.05) is 20.2 Å². The number of rotatable bonds is 2. The Bertz CT molecular complexity index is 535. The van der Waals surface area contributed by atoms with E-state index in [1.54, 1.807) is 13.4 Å². The van der Waals surface area contributed by atoms with E-state index in [4.69, 9.17) is 4.74 Å². The average Bonchev–Trinajstić information content (AvgIpc) is 2.91. The van der Waals surface area contributed by atoms with Gasteiger partial charge in [0.1, 0.15) is 12.1 Å². The van der Waals surface area contributed by atoms with Gasteiger partial charge in [0.05, 0.1) is 18.3 Å². The molecule has 1 atom stereocenters. The van der Waals surface area contributed by atoms with E-state index < -0.39 is 0 Å². The molecule has 4 nitrogen and oxygen atoms in total. The van der Waals surface area contributed by atoms with E-state index in [0.717, 1.165) is 41.9 Å². The summed E-state index contributed by atoms with van der Waals surface area (Å²) in [5.41, 5.74) is 2.13. The van der Waals surface area contributed by atoms with Crippen LogP contribution in [0.4, 0.5) is 0 Å². The molecular formula is C13H15N3O. The Morgan fingerprint density at radius 2 is 2.29 bits per heavy atom. The van der Waals surface area contributed by atoms with Crippen molar-refractivity contribution < 1.29 is 4.74 Å². The lowest BCUT2D eigenvalue weighted by molar-refractivity contribution is 0.415. The molecule has 0 spiro atoms. The Kier molecular flexibility index (Phi) is 2.65. The monoisotopic (exact) mass is 229 g/mol. The molecule has 0 amide bonds. The van der Waals surface area contributed by atoms with Crippen LogP contribution in [0, 0.1) is 0 Å². The normalized spacial score (nSPS) is 19.7. The SMILES string of the molecule is COc1ccc2ncnc(C3CCNC3)c2c1. The molecule has 2 aromatic rings. The van der Waals surface area contributed by atoms with E-state index in [2.05, 4.69) is 15.3 Å². The van der Waals surface area contributed by atoms with Gasteiger partial charge in [-0.25, -0.2) is 9.97 Å². The molecule has 88 valence electrons. The topological polar surface area (TPSA) is 47.0 Å². The van der Waals surface area contributed by atoms with Crippen molar-refractivity contribution in [3.63, 3.8) is 0 Å². The van der Waals surface area contributed by atoms with Crippen LogP contribution in [0.3, 0.4) is 0 Å². The van der Waals surface area contributed by atoms with Crippen LogP contribution >= 0.6 is 0 Å². The van der Waals surface area contributed by atoms with Crippen molar-refractivity contribution in [2.45, 2.75) is 12.3 Å². The minimum atomic E-state index is 0.493. The summed E-state index contributed by atoms with van der Waals surface area (Å²) in [7, 11) is 1.68. The van der Waals surface area contributed by atoms with Gasteiger partial charge in [-0.15, -0.1) is 0 Å². The van der Waals surface area contributed by atoms with E-state index in [1.165, 1.54) is 0 Å². The summed E-state index contributed by atoms with van der Waals surface area (Å²) in [6, 6.07) is 5.96. The second-order valence-electron chi connectivity index (χ2n) is 4.33. The van der Waals surface area contributed by atoms with E-state index in [1.807, 2.05) is 18.2 Å². The van der Waals surface area contributed by atoms with Crippen LogP contribution in [0.25, 0.3) is 10.9 Å². The quantitative estimate of drug-likeness (QED) is 0.851. The molecular weight excluding hydrogens is 214 g/mol. The molecule has 1 aliphatic rings. The van der Waals surface area contributed by atoms with E-state index in [0.29, 0.717) is 5.92 Å². The molecule has 0 aliphatic carbocycles. The van der Waals surface area contributed by atoms with Gasteiger partial charge in [-0.3, -0.25) is 0 Å². The predicted octanol–water partition coefficient (Wildman–Crippen LogP) is 1.72. The largest absolute Gasteiger partial charge is 0.497 e. The van der Waals surface area contributed by atoms with Crippen molar-refractivity contribution in [2.24, 2.45) is 0 Å². The maximum Gasteiger partial charge on any atom is 0.119 e. The summed E-state index contributed by atoms with van der Waals surface area (Å²) in [5.74, 6) is 1.35. The number of aromatic nitrogens is 2. The minimum Gasteiger partial charge on any atom is -0.497 e. The Balaban J connectivity index is 2.15. The molecule has 1 unspecified atom stereocenters. The first-order valence-electron chi connectivity index (χ1n) is 5.88. The third-order valence-corrected chi connectivity index (χ3v) is 3.32. The first-order valence-corrected chi connectivity index (χ1v) is 5.88. The highest BCUT2D eigenvalue weighted by Gasteiger charge is 2.20. The van der Waals surface area contributed by atoms with Gasteiger partial charge in [0.2, 0.25) is 0 Å². The van der Waals surface area contributed by atoms with Gasteiger partial charge in [-0.05, 0) is 31.2 Å². The number of nitrogens with zero attached hydrogens (tertiary/aromatic N) is 2. The van der Waals surface area contributed by atoms with Crippen LogP contribution in [0.15, 0.2) is 24.5 Å². The zero-order valence-electron chi connectivity index (χ0n) is 9.81. The van der Waals surface area contributed by atoms with Gasteiger partial charge in [0.15, 0.2) is 0 Å². The Morgan fingerprint density at radius 1 is 1.35 bits per heavy atom. The molecule has 1 saturated heterocycles. The highest BCUT2D eigenvalue weighted by molar-refractivity contribution is 5.82. The second-order valence-corrected chi connectivity index (χ2v) is 4.33. The Labute approximate surface area is 100 Å². The second kappa shape index (κ2) is 4.30. The third kappa shape index (κ3) is 1.85. The van der Waals surface area contributed by atoms with Gasteiger partial charge >= 0.3 is 0 Å². The molecule has 1 aliphatic heterocycles. The van der Waals surface area contributed by atoms with Crippen molar-refractivity contribution in [3.05, 3.63) is 30.2 Å². The average molecular weight is 229 g/mol. The van der Waals surface area contributed by atoms with E-state index >= 15 is 0 Å². The summed E-state index contributed by atoms with van der Waals surface area (Å²) < 4.78 is 5.27. The first kappa shape index (κ1) is 10.5. The van der Waals surface area contributed by atoms with E-state index in [9.17, 15) is 0 Å². The third-order valence-electron chi connectivity index (χ3n) is 3.32. The molecule has 17 heavy (non-hydrogen) atoms. The van der Waals surface area contributed by atoms with Gasteiger partial charge in [-0.1, -0.05) is 0 Å². The first-order chi connectivity index (χ1) is 8.38. The predicted molar refractivity (Wildman–Crippen MR) is 66.3 cm³/mol. The van der Waals surface area contributed by atoms with Crippen molar-refractivity contribution in [1.82, 2.24) is 15.3 Å². The molecule has 3 rings (SSSR count).